The monoisotopic (exact) mass is 257 g/mol. The SMILES string of the molecule is CCCCC(NCC(O)C(F)(F)F)C(=O)OC. The number of carbonyl (C=O) groups is 1. The zero-order valence-electron chi connectivity index (χ0n) is 9.88. The van der Waals surface area contributed by atoms with E-state index < -0.39 is 30.8 Å². The van der Waals surface area contributed by atoms with Gasteiger partial charge in [0.1, 0.15) is 6.04 Å². The third-order valence-corrected chi connectivity index (χ3v) is 2.27. The van der Waals surface area contributed by atoms with Gasteiger partial charge >= 0.3 is 12.1 Å². The van der Waals surface area contributed by atoms with E-state index in [1.165, 1.54) is 7.11 Å². The molecule has 2 N–H and O–H groups in total. The van der Waals surface area contributed by atoms with E-state index >= 15 is 0 Å². The van der Waals surface area contributed by atoms with Gasteiger partial charge in [-0.05, 0) is 6.42 Å². The van der Waals surface area contributed by atoms with Gasteiger partial charge in [-0.25, -0.2) is 0 Å². The van der Waals surface area contributed by atoms with Crippen molar-refractivity contribution in [2.24, 2.45) is 0 Å². The Morgan fingerprint density at radius 1 is 1.47 bits per heavy atom. The van der Waals surface area contributed by atoms with Gasteiger partial charge in [-0.1, -0.05) is 19.8 Å². The maximum atomic E-state index is 12.0. The normalized spacial score (nSPS) is 15.4. The molecule has 0 amide bonds. The summed E-state index contributed by atoms with van der Waals surface area (Å²) in [7, 11) is 1.17. The van der Waals surface area contributed by atoms with Crippen LogP contribution in [0.25, 0.3) is 0 Å². The summed E-state index contributed by atoms with van der Waals surface area (Å²) >= 11 is 0. The molecule has 0 aliphatic rings. The molecule has 2 atom stereocenters. The molecule has 2 unspecified atom stereocenters. The number of nitrogens with one attached hydrogen (secondary N) is 1. The summed E-state index contributed by atoms with van der Waals surface area (Å²) in [6, 6.07) is -0.808. The van der Waals surface area contributed by atoms with Crippen LogP contribution in [-0.2, 0) is 9.53 Å². The highest BCUT2D eigenvalue weighted by atomic mass is 19.4. The Labute approximate surface area is 98.1 Å². The van der Waals surface area contributed by atoms with E-state index in [4.69, 9.17) is 5.11 Å². The predicted octanol–water partition coefficient (Wildman–Crippen LogP) is 1.23. The van der Waals surface area contributed by atoms with Gasteiger partial charge in [0.05, 0.1) is 7.11 Å². The van der Waals surface area contributed by atoms with E-state index in [9.17, 15) is 18.0 Å². The number of aliphatic hydroxyl groups excluding tert-OH is 1. The summed E-state index contributed by atoms with van der Waals surface area (Å²) in [6.45, 7) is 1.19. The molecule has 0 spiro atoms. The van der Waals surface area contributed by atoms with E-state index in [1.54, 1.807) is 0 Å². The lowest BCUT2D eigenvalue weighted by Gasteiger charge is -2.20. The van der Waals surface area contributed by atoms with E-state index in [-0.39, 0.29) is 0 Å². The summed E-state index contributed by atoms with van der Waals surface area (Å²) in [5.41, 5.74) is 0. The molecule has 0 radical (unpaired) electrons. The number of methoxy groups -OCH3 is 1. The highest BCUT2D eigenvalue weighted by Crippen LogP contribution is 2.19. The first-order valence-corrected chi connectivity index (χ1v) is 5.38. The van der Waals surface area contributed by atoms with Crippen LogP contribution in [-0.4, -0.2) is 43.1 Å². The summed E-state index contributed by atoms with van der Waals surface area (Å²) in [5, 5.41) is 11.1. The number of alkyl halides is 3. The van der Waals surface area contributed by atoms with Crippen molar-refractivity contribution in [3.05, 3.63) is 0 Å². The van der Waals surface area contributed by atoms with E-state index in [1.807, 2.05) is 6.92 Å². The molecule has 0 rings (SSSR count). The first-order valence-electron chi connectivity index (χ1n) is 5.38. The zero-order chi connectivity index (χ0) is 13.5. The second-order valence-corrected chi connectivity index (χ2v) is 3.68. The van der Waals surface area contributed by atoms with Crippen molar-refractivity contribution in [2.45, 2.75) is 44.5 Å². The molecule has 0 aliphatic heterocycles. The highest BCUT2D eigenvalue weighted by molar-refractivity contribution is 5.75. The molecule has 102 valence electrons. The third-order valence-electron chi connectivity index (χ3n) is 2.27. The number of halogens is 3. The first kappa shape index (κ1) is 16.2. The molecule has 0 heterocycles. The quantitative estimate of drug-likeness (QED) is 0.673. The van der Waals surface area contributed by atoms with Crippen LogP contribution >= 0.6 is 0 Å². The fraction of sp³-hybridized carbons (Fsp3) is 0.900. The minimum atomic E-state index is -4.68. The summed E-state index contributed by atoms with van der Waals surface area (Å²) in [4.78, 5) is 11.2. The minimum absolute atomic E-state index is 0.383. The number of hydrogen-bond acceptors (Lipinski definition) is 4. The molecule has 7 heteroatoms. The number of unbranched alkanes of at least 4 members (excludes halogenated alkanes) is 1. The Balaban J connectivity index is 4.20. The van der Waals surface area contributed by atoms with E-state index in [0.29, 0.717) is 12.8 Å². The van der Waals surface area contributed by atoms with Crippen LogP contribution < -0.4 is 5.32 Å². The van der Waals surface area contributed by atoms with Crippen molar-refractivity contribution >= 4 is 5.97 Å². The lowest BCUT2D eigenvalue weighted by atomic mass is 10.1. The fourth-order valence-corrected chi connectivity index (χ4v) is 1.22. The fourth-order valence-electron chi connectivity index (χ4n) is 1.22. The van der Waals surface area contributed by atoms with Crippen LogP contribution in [0.5, 0.6) is 0 Å². The number of esters is 1. The van der Waals surface area contributed by atoms with Crippen LogP contribution in [0.1, 0.15) is 26.2 Å². The van der Waals surface area contributed by atoms with Gasteiger partial charge in [-0.2, -0.15) is 13.2 Å². The molecule has 0 aliphatic carbocycles. The lowest BCUT2D eigenvalue weighted by molar-refractivity contribution is -0.202. The predicted molar refractivity (Wildman–Crippen MR) is 55.4 cm³/mol. The molecule has 17 heavy (non-hydrogen) atoms. The maximum Gasteiger partial charge on any atom is 0.415 e. The molecule has 0 saturated carbocycles. The number of carbonyl (C=O) groups excluding carboxylic acids is 1. The smallest absolute Gasteiger partial charge is 0.415 e. The molecular weight excluding hydrogens is 239 g/mol. The van der Waals surface area contributed by atoms with Gasteiger partial charge < -0.3 is 15.2 Å². The minimum Gasteiger partial charge on any atom is -0.468 e. The van der Waals surface area contributed by atoms with Crippen LogP contribution in [0.3, 0.4) is 0 Å². The Morgan fingerprint density at radius 2 is 2.06 bits per heavy atom. The van der Waals surface area contributed by atoms with Gasteiger partial charge in [-0.3, -0.25) is 4.79 Å². The largest absolute Gasteiger partial charge is 0.468 e. The average molecular weight is 257 g/mol. The molecule has 0 aromatic rings. The van der Waals surface area contributed by atoms with Crippen molar-refractivity contribution in [1.82, 2.24) is 5.32 Å². The van der Waals surface area contributed by atoms with Crippen molar-refractivity contribution in [1.29, 1.82) is 0 Å². The summed E-state index contributed by atoms with van der Waals surface area (Å²) < 4.78 is 40.5. The van der Waals surface area contributed by atoms with Gasteiger partial charge in [-0.15, -0.1) is 0 Å². The van der Waals surface area contributed by atoms with Gasteiger partial charge in [0.2, 0.25) is 0 Å². The molecule has 0 aromatic heterocycles. The second kappa shape index (κ2) is 7.50. The Hall–Kier alpha value is -0.820. The summed E-state index contributed by atoms with van der Waals surface area (Å²) in [5.74, 6) is -0.618. The standard InChI is InChI=1S/C10H18F3NO3/c1-3-4-5-7(9(16)17-2)14-6-8(15)10(11,12)13/h7-8,14-15H,3-6H2,1-2H3. The average Bonchev–Trinajstić information content (AvgIpc) is 2.26. The molecule has 0 saturated heterocycles. The maximum absolute atomic E-state index is 12.0. The Bertz CT molecular complexity index is 233. The third kappa shape index (κ3) is 6.48. The molecule has 0 bridgehead atoms. The topological polar surface area (TPSA) is 58.6 Å². The number of aliphatic hydroxyl groups is 1. The lowest BCUT2D eigenvalue weighted by Crippen LogP contribution is -2.45. The van der Waals surface area contributed by atoms with Crippen LogP contribution in [0.2, 0.25) is 0 Å². The highest BCUT2D eigenvalue weighted by Gasteiger charge is 2.38. The first-order chi connectivity index (χ1) is 7.82. The van der Waals surface area contributed by atoms with Crippen LogP contribution in [0, 0.1) is 0 Å². The van der Waals surface area contributed by atoms with Gasteiger partial charge in [0.15, 0.2) is 6.10 Å². The summed E-state index contributed by atoms with van der Waals surface area (Å²) in [6.07, 6.45) is -5.27. The van der Waals surface area contributed by atoms with E-state index in [2.05, 4.69) is 10.1 Å². The Morgan fingerprint density at radius 3 is 2.47 bits per heavy atom. The van der Waals surface area contributed by atoms with E-state index in [0.717, 1.165) is 6.42 Å². The zero-order valence-corrected chi connectivity index (χ0v) is 9.88. The molecule has 4 nitrogen and oxygen atoms in total. The Kier molecular flexibility index (Phi) is 7.13. The number of rotatable bonds is 7. The van der Waals surface area contributed by atoms with Crippen LogP contribution in [0.15, 0.2) is 0 Å². The van der Waals surface area contributed by atoms with Crippen molar-refractivity contribution in [3.8, 4) is 0 Å². The molecule has 0 fully saturated rings. The van der Waals surface area contributed by atoms with Crippen molar-refractivity contribution in [2.75, 3.05) is 13.7 Å². The number of hydrogen-bond donors (Lipinski definition) is 2. The van der Waals surface area contributed by atoms with Crippen molar-refractivity contribution in [3.63, 3.8) is 0 Å². The molecule has 0 aromatic carbocycles. The van der Waals surface area contributed by atoms with Crippen LogP contribution in [0.4, 0.5) is 13.2 Å². The second-order valence-electron chi connectivity index (χ2n) is 3.68. The van der Waals surface area contributed by atoms with Gasteiger partial charge in [0.25, 0.3) is 0 Å². The van der Waals surface area contributed by atoms with Crippen molar-refractivity contribution < 1.29 is 27.8 Å². The number of ether oxygens (including phenoxy) is 1. The molecular formula is C10H18F3NO3. The van der Waals surface area contributed by atoms with Gasteiger partial charge in [0, 0.05) is 6.54 Å².